The van der Waals surface area contributed by atoms with Gasteiger partial charge in [0.05, 0.1) is 0 Å². The zero-order chi connectivity index (χ0) is 20.3. The highest BCUT2D eigenvalue weighted by molar-refractivity contribution is 5.89. The van der Waals surface area contributed by atoms with Gasteiger partial charge in [0.15, 0.2) is 0 Å². The SMILES string of the molecule is CCN(CC)C1CCN(C(=O)C2CCC2C(=O)N2CCC(N(CC)CC)C2)C1. The molecule has 4 atom stereocenters. The Morgan fingerprint density at radius 2 is 1.04 bits per heavy atom. The van der Waals surface area contributed by atoms with Crippen molar-refractivity contribution < 1.29 is 9.59 Å². The van der Waals surface area contributed by atoms with E-state index in [9.17, 15) is 9.59 Å². The molecule has 2 aliphatic heterocycles. The average molecular weight is 393 g/mol. The minimum atomic E-state index is -0.0737. The van der Waals surface area contributed by atoms with Crippen LogP contribution >= 0.6 is 0 Å². The molecule has 3 fully saturated rings. The Bertz CT molecular complexity index is 499. The summed E-state index contributed by atoms with van der Waals surface area (Å²) >= 11 is 0. The molecular weight excluding hydrogens is 352 g/mol. The van der Waals surface area contributed by atoms with E-state index in [1.165, 1.54) is 0 Å². The van der Waals surface area contributed by atoms with Crippen molar-refractivity contribution in [3.63, 3.8) is 0 Å². The molecule has 0 aromatic carbocycles. The predicted molar refractivity (Wildman–Crippen MR) is 112 cm³/mol. The maximum absolute atomic E-state index is 13.1. The first-order valence-electron chi connectivity index (χ1n) is 11.6. The fraction of sp³-hybridized carbons (Fsp3) is 0.909. The second-order valence-electron chi connectivity index (χ2n) is 8.69. The fourth-order valence-corrected chi connectivity index (χ4v) is 5.52. The van der Waals surface area contributed by atoms with E-state index in [0.29, 0.717) is 12.1 Å². The van der Waals surface area contributed by atoms with Crippen LogP contribution in [0.25, 0.3) is 0 Å². The van der Waals surface area contributed by atoms with E-state index in [0.717, 1.165) is 78.0 Å². The molecule has 6 nitrogen and oxygen atoms in total. The van der Waals surface area contributed by atoms with E-state index in [1.54, 1.807) is 0 Å². The fourth-order valence-electron chi connectivity index (χ4n) is 5.52. The van der Waals surface area contributed by atoms with Crippen molar-refractivity contribution in [3.8, 4) is 0 Å². The molecule has 1 aliphatic carbocycles. The van der Waals surface area contributed by atoms with E-state index in [1.807, 2.05) is 9.80 Å². The predicted octanol–water partition coefficient (Wildman–Crippen LogP) is 1.90. The molecule has 4 unspecified atom stereocenters. The number of carbonyl (C=O) groups is 2. The van der Waals surface area contributed by atoms with Crippen molar-refractivity contribution in [3.05, 3.63) is 0 Å². The Balaban J connectivity index is 1.53. The van der Waals surface area contributed by atoms with E-state index < -0.39 is 0 Å². The second-order valence-corrected chi connectivity index (χ2v) is 8.69. The van der Waals surface area contributed by atoms with Crippen molar-refractivity contribution in [1.29, 1.82) is 0 Å². The molecule has 0 aromatic rings. The van der Waals surface area contributed by atoms with Gasteiger partial charge in [0.1, 0.15) is 0 Å². The van der Waals surface area contributed by atoms with Crippen LogP contribution in [0.2, 0.25) is 0 Å². The number of amides is 2. The Labute approximate surface area is 171 Å². The van der Waals surface area contributed by atoms with E-state index in [-0.39, 0.29) is 23.7 Å². The van der Waals surface area contributed by atoms with E-state index in [2.05, 4.69) is 37.5 Å². The van der Waals surface area contributed by atoms with Crippen LogP contribution in [0, 0.1) is 11.8 Å². The van der Waals surface area contributed by atoms with E-state index >= 15 is 0 Å². The first-order valence-corrected chi connectivity index (χ1v) is 11.6. The minimum Gasteiger partial charge on any atom is -0.341 e. The number of hydrogen-bond acceptors (Lipinski definition) is 4. The normalized spacial score (nSPS) is 30.4. The highest BCUT2D eigenvalue weighted by Gasteiger charge is 2.46. The molecule has 1 saturated carbocycles. The molecule has 2 saturated heterocycles. The smallest absolute Gasteiger partial charge is 0.226 e. The molecule has 3 aliphatic rings. The van der Waals surface area contributed by atoms with Gasteiger partial charge in [-0.25, -0.2) is 0 Å². The Hall–Kier alpha value is -1.14. The van der Waals surface area contributed by atoms with Crippen LogP contribution < -0.4 is 0 Å². The van der Waals surface area contributed by atoms with Gasteiger partial charge in [-0.15, -0.1) is 0 Å². The summed E-state index contributed by atoms with van der Waals surface area (Å²) in [5.74, 6) is 0.323. The third kappa shape index (κ3) is 4.23. The summed E-state index contributed by atoms with van der Waals surface area (Å²) in [6.45, 7) is 16.3. The molecule has 3 rings (SSSR count). The molecule has 160 valence electrons. The van der Waals surface area contributed by atoms with Crippen LogP contribution in [0.3, 0.4) is 0 Å². The Kier molecular flexibility index (Phi) is 7.37. The molecular formula is C22H40N4O2. The minimum absolute atomic E-state index is 0.0737. The Morgan fingerprint density at radius 3 is 1.32 bits per heavy atom. The summed E-state index contributed by atoms with van der Waals surface area (Å²) in [4.78, 5) is 35.2. The van der Waals surface area contributed by atoms with Crippen molar-refractivity contribution in [2.75, 3.05) is 52.4 Å². The molecule has 6 heteroatoms. The summed E-state index contributed by atoms with van der Waals surface area (Å²) < 4.78 is 0. The quantitative estimate of drug-likeness (QED) is 0.633. The third-order valence-electron chi connectivity index (χ3n) is 7.52. The lowest BCUT2D eigenvalue weighted by atomic mass is 9.72. The molecule has 0 N–H and O–H groups in total. The zero-order valence-corrected chi connectivity index (χ0v) is 18.4. The Morgan fingerprint density at radius 1 is 0.679 bits per heavy atom. The van der Waals surface area contributed by atoms with Gasteiger partial charge < -0.3 is 9.80 Å². The van der Waals surface area contributed by atoms with Crippen LogP contribution in [0.1, 0.15) is 53.4 Å². The zero-order valence-electron chi connectivity index (χ0n) is 18.4. The number of carbonyl (C=O) groups excluding carboxylic acids is 2. The first kappa shape index (κ1) is 21.6. The summed E-state index contributed by atoms with van der Waals surface area (Å²) in [6, 6.07) is 0.975. The molecule has 2 heterocycles. The van der Waals surface area contributed by atoms with Crippen LogP contribution in [-0.4, -0.2) is 95.9 Å². The molecule has 0 aromatic heterocycles. The lowest BCUT2D eigenvalue weighted by molar-refractivity contribution is -0.151. The van der Waals surface area contributed by atoms with Gasteiger partial charge in [0, 0.05) is 50.1 Å². The van der Waals surface area contributed by atoms with Crippen LogP contribution in [0.5, 0.6) is 0 Å². The van der Waals surface area contributed by atoms with Crippen LogP contribution in [0.4, 0.5) is 0 Å². The van der Waals surface area contributed by atoms with Gasteiger partial charge in [-0.1, -0.05) is 27.7 Å². The number of rotatable bonds is 8. The van der Waals surface area contributed by atoms with Gasteiger partial charge >= 0.3 is 0 Å². The molecule has 2 amide bonds. The average Bonchev–Trinajstić information content (AvgIpc) is 3.33. The van der Waals surface area contributed by atoms with Gasteiger partial charge in [0.25, 0.3) is 0 Å². The van der Waals surface area contributed by atoms with Crippen LogP contribution in [-0.2, 0) is 9.59 Å². The topological polar surface area (TPSA) is 47.1 Å². The monoisotopic (exact) mass is 392 g/mol. The molecule has 28 heavy (non-hydrogen) atoms. The van der Waals surface area contributed by atoms with Crippen molar-refractivity contribution in [2.24, 2.45) is 11.8 Å². The second kappa shape index (κ2) is 9.57. The third-order valence-corrected chi connectivity index (χ3v) is 7.52. The van der Waals surface area contributed by atoms with Gasteiger partial charge in [-0.3, -0.25) is 19.4 Å². The number of nitrogens with zero attached hydrogens (tertiary/aromatic N) is 4. The standard InChI is InChI=1S/C22H40N4O2/c1-5-23(6-2)17-11-13-25(15-17)21(27)19-9-10-20(19)22(28)26-14-12-18(16-26)24(7-3)8-4/h17-20H,5-16H2,1-4H3. The van der Waals surface area contributed by atoms with Crippen molar-refractivity contribution in [2.45, 2.75) is 65.5 Å². The highest BCUT2D eigenvalue weighted by atomic mass is 16.2. The summed E-state index contributed by atoms with van der Waals surface area (Å²) in [5.41, 5.74) is 0. The van der Waals surface area contributed by atoms with Crippen molar-refractivity contribution in [1.82, 2.24) is 19.6 Å². The molecule has 0 radical (unpaired) electrons. The number of likely N-dealkylation sites (N-methyl/N-ethyl adjacent to an activating group) is 2. The largest absolute Gasteiger partial charge is 0.341 e. The summed E-state index contributed by atoms with van der Waals surface area (Å²) in [5, 5.41) is 0. The number of likely N-dealkylation sites (tertiary alicyclic amines) is 2. The highest BCUT2D eigenvalue weighted by Crippen LogP contribution is 2.38. The maximum atomic E-state index is 13.1. The first-order chi connectivity index (χ1) is 13.5. The van der Waals surface area contributed by atoms with Gasteiger partial charge in [-0.2, -0.15) is 0 Å². The van der Waals surface area contributed by atoms with Crippen molar-refractivity contribution >= 4 is 11.8 Å². The molecule has 0 bridgehead atoms. The maximum Gasteiger partial charge on any atom is 0.226 e. The lowest BCUT2D eigenvalue weighted by Crippen LogP contribution is -2.50. The summed E-state index contributed by atoms with van der Waals surface area (Å²) in [7, 11) is 0. The number of hydrogen-bond donors (Lipinski definition) is 0. The van der Waals surface area contributed by atoms with Crippen LogP contribution in [0.15, 0.2) is 0 Å². The molecule has 0 spiro atoms. The summed E-state index contributed by atoms with van der Waals surface area (Å²) in [6.07, 6.45) is 3.90. The van der Waals surface area contributed by atoms with E-state index in [4.69, 9.17) is 0 Å². The van der Waals surface area contributed by atoms with Gasteiger partial charge in [-0.05, 0) is 51.9 Å². The lowest BCUT2D eigenvalue weighted by Gasteiger charge is -2.39. The van der Waals surface area contributed by atoms with Gasteiger partial charge in [0.2, 0.25) is 11.8 Å².